The highest BCUT2D eigenvalue weighted by atomic mass is 35.5. The Morgan fingerprint density at radius 3 is 2.54 bits per heavy atom. The van der Waals surface area contributed by atoms with Crippen molar-refractivity contribution in [3.8, 4) is 5.75 Å². The summed E-state index contributed by atoms with van der Waals surface area (Å²) in [5, 5.41) is 0.0681. The molecule has 48 heavy (non-hydrogen) atoms. The lowest BCUT2D eigenvalue weighted by atomic mass is 9.65. The van der Waals surface area contributed by atoms with Gasteiger partial charge in [-0.3, -0.25) is 14.6 Å². The Morgan fingerprint density at radius 2 is 1.73 bits per heavy atom. The van der Waals surface area contributed by atoms with Crippen molar-refractivity contribution >= 4 is 33.2 Å². The molecule has 5 atom stereocenters. The van der Waals surface area contributed by atoms with E-state index in [2.05, 4.69) is 32.5 Å². The second-order valence-electron chi connectivity index (χ2n) is 15.1. The third-order valence-corrected chi connectivity index (χ3v) is 13.9. The topological polar surface area (TPSA) is 82.2 Å². The van der Waals surface area contributed by atoms with Gasteiger partial charge in [0, 0.05) is 30.2 Å². The van der Waals surface area contributed by atoms with Gasteiger partial charge in [0.1, 0.15) is 12.4 Å². The van der Waals surface area contributed by atoms with Gasteiger partial charge in [-0.1, -0.05) is 31.0 Å². The maximum atomic E-state index is 13.5. The zero-order valence-electron chi connectivity index (χ0n) is 29.1. The Balaban J connectivity index is 1.34. The number of ether oxygens (including phenoxy) is 1. The molecule has 0 aromatic heterocycles. The number of rotatable bonds is 2. The lowest BCUT2D eigenvalue weighted by molar-refractivity contribution is 0.0578. The van der Waals surface area contributed by atoms with Gasteiger partial charge in [-0.25, -0.2) is 13.1 Å². The molecule has 0 unspecified atom stereocenters. The number of hydrogen-bond acceptors (Lipinski definition) is 7. The molecular formula is C38H55ClN4O4S. The maximum Gasteiger partial charge on any atom is 0.264 e. The molecule has 1 saturated heterocycles. The van der Waals surface area contributed by atoms with Gasteiger partial charge < -0.3 is 9.64 Å². The molecule has 0 radical (unpaired) electrons. The van der Waals surface area contributed by atoms with Crippen molar-refractivity contribution in [2.45, 2.75) is 89.9 Å². The van der Waals surface area contributed by atoms with Crippen LogP contribution in [0.25, 0.3) is 0 Å². The highest BCUT2D eigenvalue weighted by molar-refractivity contribution is 7.90. The number of hydrogen-bond donors (Lipinski definition) is 1. The van der Waals surface area contributed by atoms with E-state index in [9.17, 15) is 13.2 Å². The average molecular weight is 699 g/mol. The van der Waals surface area contributed by atoms with Gasteiger partial charge in [-0.05, 0) is 150 Å². The van der Waals surface area contributed by atoms with E-state index in [4.69, 9.17) is 16.3 Å². The SMILES string of the molecule is C[C@@H]1[C@@H](C)CCC[C@H](CN2CCCCN(C)C2)[C@@H]2CC[C@H]2CN2CCCCc3cc(Cl)ccc3COc3ccc(cc32)C(=O)NS1(=O)=O. The minimum Gasteiger partial charge on any atom is -0.487 e. The monoisotopic (exact) mass is 698 g/mol. The molecule has 1 N–H and O–H groups in total. The lowest BCUT2D eigenvalue weighted by Crippen LogP contribution is -2.46. The molecule has 1 aliphatic carbocycles. The van der Waals surface area contributed by atoms with Crippen LogP contribution in [0.3, 0.4) is 0 Å². The van der Waals surface area contributed by atoms with Gasteiger partial charge in [0.2, 0.25) is 10.0 Å². The number of carbonyl (C=O) groups is 1. The Labute approximate surface area is 293 Å². The van der Waals surface area contributed by atoms with Crippen LogP contribution in [-0.4, -0.2) is 75.8 Å². The first-order chi connectivity index (χ1) is 23.1. The van der Waals surface area contributed by atoms with E-state index in [-0.39, 0.29) is 5.92 Å². The molecule has 3 aliphatic heterocycles. The molecule has 6 rings (SSSR count). The van der Waals surface area contributed by atoms with Crippen molar-refractivity contribution < 1.29 is 17.9 Å². The number of aryl methyl sites for hydroxylation is 1. The van der Waals surface area contributed by atoms with Crippen molar-refractivity contribution in [3.05, 3.63) is 58.1 Å². The average Bonchev–Trinajstić information content (AvgIpc) is 3.26. The van der Waals surface area contributed by atoms with E-state index >= 15 is 0 Å². The number of anilines is 1. The van der Waals surface area contributed by atoms with Gasteiger partial charge >= 0.3 is 0 Å². The first-order valence-electron chi connectivity index (χ1n) is 18.3. The summed E-state index contributed by atoms with van der Waals surface area (Å²) in [4.78, 5) is 21.1. The molecule has 2 aromatic rings. The number of sulfonamides is 1. The summed E-state index contributed by atoms with van der Waals surface area (Å²) >= 11 is 6.39. The summed E-state index contributed by atoms with van der Waals surface area (Å²) < 4.78 is 35.9. The molecule has 1 saturated carbocycles. The molecule has 2 bridgehead atoms. The highest BCUT2D eigenvalue weighted by Crippen LogP contribution is 2.44. The minimum atomic E-state index is -3.86. The van der Waals surface area contributed by atoms with E-state index in [0.29, 0.717) is 29.9 Å². The van der Waals surface area contributed by atoms with E-state index in [0.717, 1.165) is 99.9 Å². The molecule has 8 nitrogen and oxygen atoms in total. The summed E-state index contributed by atoms with van der Waals surface area (Å²) in [5.74, 6) is 1.85. The lowest BCUT2D eigenvalue weighted by Gasteiger charge is -2.46. The van der Waals surface area contributed by atoms with Gasteiger partial charge in [0.25, 0.3) is 5.91 Å². The fraction of sp³-hybridized carbons (Fsp3) is 0.658. The van der Waals surface area contributed by atoms with Gasteiger partial charge in [-0.2, -0.15) is 0 Å². The summed E-state index contributed by atoms with van der Waals surface area (Å²) in [5.41, 5.74) is 3.55. The molecule has 0 spiro atoms. The first kappa shape index (κ1) is 35.5. The van der Waals surface area contributed by atoms with Crippen molar-refractivity contribution in [1.82, 2.24) is 14.5 Å². The minimum absolute atomic E-state index is 0.0561. The van der Waals surface area contributed by atoms with Crippen LogP contribution in [0, 0.1) is 23.7 Å². The highest BCUT2D eigenvalue weighted by Gasteiger charge is 2.39. The smallest absolute Gasteiger partial charge is 0.264 e. The van der Waals surface area contributed by atoms with Crippen molar-refractivity contribution in [2.75, 3.05) is 51.3 Å². The van der Waals surface area contributed by atoms with E-state index < -0.39 is 21.2 Å². The van der Waals surface area contributed by atoms with Crippen LogP contribution >= 0.6 is 11.6 Å². The van der Waals surface area contributed by atoms with Gasteiger partial charge in [-0.15, -0.1) is 0 Å². The fourth-order valence-corrected chi connectivity index (χ4v) is 9.95. The second-order valence-corrected chi connectivity index (χ2v) is 17.6. The van der Waals surface area contributed by atoms with E-state index in [1.54, 1.807) is 13.0 Å². The zero-order valence-corrected chi connectivity index (χ0v) is 30.7. The standard InChI is InChI=1S/C38H55ClN4O4S/c1-27-9-8-11-31(23-42-19-7-6-18-41(3)26-42)35-16-13-32(35)24-43-20-5-4-10-29-21-34(39)15-12-33(29)25-47-37-17-14-30(22-36(37)43)38(44)40-48(45,46)28(27)2/h12,14-15,17,21-22,27-28,31-32,35H,4-11,13,16,18-20,23-26H2,1-3H3,(H,40,44)/t27-,28+,31+,32-,35-/m0/s1. The number of carbonyl (C=O) groups excluding carboxylic acids is 1. The van der Waals surface area contributed by atoms with Crippen LogP contribution in [-0.2, 0) is 23.1 Å². The van der Waals surface area contributed by atoms with Crippen molar-refractivity contribution in [2.24, 2.45) is 23.7 Å². The van der Waals surface area contributed by atoms with Gasteiger partial charge in [0.15, 0.2) is 0 Å². The van der Waals surface area contributed by atoms with Crippen LogP contribution in [0.1, 0.15) is 93.1 Å². The fourth-order valence-electron chi connectivity index (χ4n) is 8.45. The molecule has 3 heterocycles. The Morgan fingerprint density at radius 1 is 0.917 bits per heavy atom. The molecule has 2 aromatic carbocycles. The Bertz CT molecular complexity index is 1540. The number of benzene rings is 2. The summed E-state index contributed by atoms with van der Waals surface area (Å²) in [6.45, 7) is 10.3. The van der Waals surface area contributed by atoms with Crippen molar-refractivity contribution in [1.29, 1.82) is 0 Å². The van der Waals surface area contributed by atoms with Crippen LogP contribution in [0.2, 0.25) is 5.02 Å². The van der Waals surface area contributed by atoms with E-state index in [1.807, 2.05) is 31.2 Å². The first-order valence-corrected chi connectivity index (χ1v) is 20.3. The van der Waals surface area contributed by atoms with Crippen LogP contribution in [0.4, 0.5) is 5.69 Å². The summed E-state index contributed by atoms with van der Waals surface area (Å²) in [6, 6.07) is 11.4. The molecule has 4 aliphatic rings. The number of halogens is 1. The number of fused-ring (bicyclic) bond motifs is 3. The largest absolute Gasteiger partial charge is 0.487 e. The van der Waals surface area contributed by atoms with Crippen LogP contribution < -0.4 is 14.4 Å². The summed E-state index contributed by atoms with van der Waals surface area (Å²) in [7, 11) is -1.62. The predicted octanol–water partition coefficient (Wildman–Crippen LogP) is 6.96. The van der Waals surface area contributed by atoms with Crippen LogP contribution in [0.15, 0.2) is 36.4 Å². The normalized spacial score (nSPS) is 29.5. The molecule has 10 heteroatoms. The molecular weight excluding hydrogens is 644 g/mol. The van der Waals surface area contributed by atoms with Gasteiger partial charge in [0.05, 0.1) is 17.6 Å². The summed E-state index contributed by atoms with van der Waals surface area (Å²) in [6.07, 6.45) is 10.8. The Kier molecular flexibility index (Phi) is 11.6. The number of nitrogens with one attached hydrogen (secondary N) is 1. The number of amides is 1. The maximum absolute atomic E-state index is 13.5. The number of nitrogens with zero attached hydrogens (tertiary/aromatic N) is 3. The third kappa shape index (κ3) is 8.51. The third-order valence-electron chi connectivity index (χ3n) is 11.7. The molecule has 2 fully saturated rings. The molecule has 1 amide bonds. The zero-order chi connectivity index (χ0) is 33.8. The van der Waals surface area contributed by atoms with Crippen LogP contribution in [0.5, 0.6) is 5.75 Å². The van der Waals surface area contributed by atoms with E-state index in [1.165, 1.54) is 31.2 Å². The van der Waals surface area contributed by atoms with Crippen molar-refractivity contribution in [3.63, 3.8) is 0 Å². The second kappa shape index (κ2) is 15.7. The Hall–Kier alpha value is -2.33. The molecule has 264 valence electrons. The predicted molar refractivity (Wildman–Crippen MR) is 194 cm³/mol. The quantitative estimate of drug-likeness (QED) is 0.363.